The third-order valence-corrected chi connectivity index (χ3v) is 5.97. The van der Waals surface area contributed by atoms with Gasteiger partial charge in [-0.3, -0.25) is 9.78 Å². The van der Waals surface area contributed by atoms with Crippen molar-refractivity contribution in [1.82, 2.24) is 9.55 Å². The molecule has 1 aromatic carbocycles. The zero-order valence-electron chi connectivity index (χ0n) is 14.7. The number of aromatic nitrogens is 2. The van der Waals surface area contributed by atoms with E-state index in [9.17, 15) is 14.7 Å². The number of hydrogen-bond acceptors (Lipinski definition) is 3. The van der Waals surface area contributed by atoms with Crippen LogP contribution in [0.25, 0.3) is 22.4 Å². The molecule has 1 spiro atoms. The van der Waals surface area contributed by atoms with E-state index in [0.717, 1.165) is 48.1 Å². The number of carboxylic acids is 1. The van der Waals surface area contributed by atoms with Gasteiger partial charge in [0.1, 0.15) is 5.56 Å². The van der Waals surface area contributed by atoms with E-state index in [1.165, 1.54) is 11.6 Å². The summed E-state index contributed by atoms with van der Waals surface area (Å²) in [6, 6.07) is 11.7. The van der Waals surface area contributed by atoms with Gasteiger partial charge < -0.3 is 9.67 Å². The van der Waals surface area contributed by atoms with E-state index in [1.807, 2.05) is 35.0 Å². The number of carbonyl (C=O) groups is 1. The van der Waals surface area contributed by atoms with Crippen LogP contribution in [0.2, 0.25) is 0 Å². The fraction of sp³-hybridized carbons (Fsp3) is 0.227. The van der Waals surface area contributed by atoms with Gasteiger partial charge in [-0.25, -0.2) is 4.79 Å². The minimum Gasteiger partial charge on any atom is -0.477 e. The van der Waals surface area contributed by atoms with Crippen LogP contribution in [-0.2, 0) is 12.0 Å². The van der Waals surface area contributed by atoms with Crippen LogP contribution < -0.4 is 5.43 Å². The van der Waals surface area contributed by atoms with Gasteiger partial charge in [0.05, 0.1) is 5.69 Å². The summed E-state index contributed by atoms with van der Waals surface area (Å²) in [5.74, 6) is -1.16. The molecule has 0 atom stereocenters. The average molecular weight is 358 g/mol. The van der Waals surface area contributed by atoms with E-state index in [1.54, 1.807) is 12.4 Å². The molecule has 1 N–H and O–H groups in total. The highest BCUT2D eigenvalue weighted by Crippen LogP contribution is 2.49. The standard InChI is InChI=1S/C22H18N2O3/c25-20-10-19-17-5-4-14(15-3-1-8-23-12-15)9-16(17)11-22(6-2-7-22)24(19)13-18(20)21(26)27/h1,3-5,8-10,12-13H,2,6-7,11H2,(H,26,27). The first-order valence-electron chi connectivity index (χ1n) is 9.12. The highest BCUT2D eigenvalue weighted by molar-refractivity contribution is 5.88. The molecule has 2 aromatic heterocycles. The molecule has 1 saturated carbocycles. The van der Waals surface area contributed by atoms with Gasteiger partial charge in [0.2, 0.25) is 0 Å². The van der Waals surface area contributed by atoms with Crippen LogP contribution in [0.4, 0.5) is 0 Å². The molecule has 0 saturated heterocycles. The van der Waals surface area contributed by atoms with Crippen LogP contribution >= 0.6 is 0 Å². The van der Waals surface area contributed by atoms with Gasteiger partial charge in [-0.1, -0.05) is 24.3 Å². The van der Waals surface area contributed by atoms with Crippen molar-refractivity contribution >= 4 is 5.97 Å². The van der Waals surface area contributed by atoms with Crippen molar-refractivity contribution in [3.63, 3.8) is 0 Å². The third kappa shape index (κ3) is 2.35. The van der Waals surface area contributed by atoms with E-state index in [4.69, 9.17) is 0 Å². The van der Waals surface area contributed by atoms with Crippen molar-refractivity contribution in [2.45, 2.75) is 31.2 Å². The van der Waals surface area contributed by atoms with Gasteiger partial charge in [-0.05, 0) is 48.4 Å². The quantitative estimate of drug-likeness (QED) is 0.758. The van der Waals surface area contributed by atoms with Crippen molar-refractivity contribution in [3.05, 3.63) is 76.3 Å². The molecule has 0 unspecified atom stereocenters. The Morgan fingerprint density at radius 3 is 2.67 bits per heavy atom. The molecular weight excluding hydrogens is 340 g/mol. The summed E-state index contributed by atoms with van der Waals surface area (Å²) in [5.41, 5.74) is 4.50. The molecule has 0 radical (unpaired) electrons. The number of carboxylic acid groups (broad SMARTS) is 1. The van der Waals surface area contributed by atoms with E-state index < -0.39 is 11.4 Å². The summed E-state index contributed by atoms with van der Waals surface area (Å²) in [6.07, 6.45) is 9.13. The molecule has 3 aromatic rings. The third-order valence-electron chi connectivity index (χ3n) is 5.97. The molecule has 27 heavy (non-hydrogen) atoms. The van der Waals surface area contributed by atoms with Crippen LogP contribution in [-0.4, -0.2) is 20.6 Å². The number of hydrogen-bond donors (Lipinski definition) is 1. The summed E-state index contributed by atoms with van der Waals surface area (Å²) in [5, 5.41) is 9.37. The monoisotopic (exact) mass is 358 g/mol. The normalized spacial score (nSPS) is 16.3. The minimum absolute atomic E-state index is 0.117. The zero-order valence-corrected chi connectivity index (χ0v) is 14.7. The van der Waals surface area contributed by atoms with Crippen LogP contribution in [0, 0.1) is 0 Å². The second kappa shape index (κ2) is 5.64. The number of benzene rings is 1. The SMILES string of the molecule is O=C(O)c1cn2c(cc1=O)-c1ccc(-c3cccnc3)cc1CC21CCC1. The smallest absolute Gasteiger partial charge is 0.341 e. The summed E-state index contributed by atoms with van der Waals surface area (Å²) in [6.45, 7) is 0. The molecule has 0 amide bonds. The van der Waals surface area contributed by atoms with Crippen molar-refractivity contribution in [3.8, 4) is 22.4 Å². The van der Waals surface area contributed by atoms with E-state index >= 15 is 0 Å². The Morgan fingerprint density at radius 1 is 1.15 bits per heavy atom. The minimum atomic E-state index is -1.16. The molecule has 2 aliphatic rings. The number of fused-ring (bicyclic) bond motifs is 4. The topological polar surface area (TPSA) is 72.2 Å². The van der Waals surface area contributed by atoms with E-state index in [2.05, 4.69) is 11.1 Å². The number of rotatable bonds is 2. The Morgan fingerprint density at radius 2 is 2.00 bits per heavy atom. The molecule has 1 fully saturated rings. The summed E-state index contributed by atoms with van der Waals surface area (Å²) in [7, 11) is 0. The molecule has 1 aliphatic carbocycles. The Bertz CT molecular complexity index is 1130. The van der Waals surface area contributed by atoms with Crippen molar-refractivity contribution in [1.29, 1.82) is 0 Å². The Kier molecular flexibility index (Phi) is 3.34. The summed E-state index contributed by atoms with van der Waals surface area (Å²) in [4.78, 5) is 28.0. The predicted molar refractivity (Wildman–Crippen MR) is 102 cm³/mol. The van der Waals surface area contributed by atoms with Crippen molar-refractivity contribution < 1.29 is 9.90 Å². The molecule has 5 nitrogen and oxygen atoms in total. The Hall–Kier alpha value is -3.21. The van der Waals surface area contributed by atoms with Gasteiger partial charge >= 0.3 is 5.97 Å². The van der Waals surface area contributed by atoms with Gasteiger partial charge in [0.15, 0.2) is 5.43 Å². The molecular formula is C22H18N2O3. The summed E-state index contributed by atoms with van der Waals surface area (Å²) >= 11 is 0. The lowest BCUT2D eigenvalue weighted by atomic mass is 9.69. The van der Waals surface area contributed by atoms with Gasteiger partial charge in [0, 0.05) is 35.8 Å². The Labute approximate surface area is 155 Å². The lowest BCUT2D eigenvalue weighted by Crippen LogP contribution is -2.46. The van der Waals surface area contributed by atoms with Gasteiger partial charge in [-0.2, -0.15) is 0 Å². The maximum absolute atomic E-state index is 12.3. The molecule has 5 rings (SSSR count). The Balaban J connectivity index is 1.72. The second-order valence-corrected chi connectivity index (χ2v) is 7.48. The molecule has 1 aliphatic heterocycles. The van der Waals surface area contributed by atoms with Crippen LogP contribution in [0.3, 0.4) is 0 Å². The zero-order chi connectivity index (χ0) is 18.6. The highest BCUT2D eigenvalue weighted by atomic mass is 16.4. The van der Waals surface area contributed by atoms with Gasteiger partial charge in [-0.15, -0.1) is 0 Å². The first-order chi connectivity index (χ1) is 13.1. The number of pyridine rings is 2. The maximum atomic E-state index is 12.3. The van der Waals surface area contributed by atoms with Crippen LogP contribution in [0.15, 0.2) is 59.8 Å². The highest BCUT2D eigenvalue weighted by Gasteiger charge is 2.43. The maximum Gasteiger partial charge on any atom is 0.341 e. The molecule has 0 bridgehead atoms. The van der Waals surface area contributed by atoms with Crippen molar-refractivity contribution in [2.24, 2.45) is 0 Å². The molecule has 5 heteroatoms. The first kappa shape index (κ1) is 16.0. The lowest BCUT2D eigenvalue weighted by Gasteiger charge is -2.48. The van der Waals surface area contributed by atoms with Crippen LogP contribution in [0.1, 0.15) is 35.2 Å². The van der Waals surface area contributed by atoms with Crippen LogP contribution in [0.5, 0.6) is 0 Å². The fourth-order valence-electron chi connectivity index (χ4n) is 4.44. The van der Waals surface area contributed by atoms with Crippen molar-refractivity contribution in [2.75, 3.05) is 0 Å². The number of nitrogens with zero attached hydrogens (tertiary/aromatic N) is 2. The van der Waals surface area contributed by atoms with Gasteiger partial charge in [0.25, 0.3) is 0 Å². The largest absolute Gasteiger partial charge is 0.477 e. The number of aromatic carboxylic acids is 1. The fourth-order valence-corrected chi connectivity index (χ4v) is 4.44. The predicted octanol–water partition coefficient (Wildman–Crippen LogP) is 3.71. The second-order valence-electron chi connectivity index (χ2n) is 7.48. The van der Waals surface area contributed by atoms with E-state index in [-0.39, 0.29) is 11.1 Å². The lowest BCUT2D eigenvalue weighted by molar-refractivity contribution is 0.0691. The van der Waals surface area contributed by atoms with E-state index in [0.29, 0.717) is 0 Å². The summed E-state index contributed by atoms with van der Waals surface area (Å²) < 4.78 is 2.05. The first-order valence-corrected chi connectivity index (χ1v) is 9.12. The average Bonchev–Trinajstić information content (AvgIpc) is 2.65. The molecule has 134 valence electrons. The molecule has 3 heterocycles.